The highest BCUT2D eigenvalue weighted by Gasteiger charge is 2.34. The van der Waals surface area contributed by atoms with Crippen molar-refractivity contribution in [1.82, 2.24) is 9.80 Å². The van der Waals surface area contributed by atoms with Crippen LogP contribution in [0.4, 0.5) is 0 Å². The molecule has 2 heterocycles. The van der Waals surface area contributed by atoms with Crippen molar-refractivity contribution in [3.05, 3.63) is 0 Å². The van der Waals surface area contributed by atoms with E-state index in [0.717, 1.165) is 26.1 Å². The van der Waals surface area contributed by atoms with Gasteiger partial charge in [0, 0.05) is 32.2 Å². The van der Waals surface area contributed by atoms with Crippen molar-refractivity contribution in [2.45, 2.75) is 52.5 Å². The van der Waals surface area contributed by atoms with Gasteiger partial charge in [0.2, 0.25) is 5.91 Å². The van der Waals surface area contributed by atoms with Crippen molar-refractivity contribution < 1.29 is 4.79 Å². The summed E-state index contributed by atoms with van der Waals surface area (Å²) in [5.41, 5.74) is 6.02. The first-order chi connectivity index (χ1) is 9.40. The molecule has 0 radical (unpaired) electrons. The number of rotatable bonds is 3. The topological polar surface area (TPSA) is 49.6 Å². The summed E-state index contributed by atoms with van der Waals surface area (Å²) in [5, 5.41) is 0. The molecule has 2 unspecified atom stereocenters. The first kappa shape index (κ1) is 15.8. The molecule has 0 bridgehead atoms. The highest BCUT2D eigenvalue weighted by molar-refractivity contribution is 5.79. The van der Waals surface area contributed by atoms with Gasteiger partial charge in [-0.2, -0.15) is 0 Å². The van der Waals surface area contributed by atoms with Crippen LogP contribution >= 0.6 is 0 Å². The maximum Gasteiger partial charge on any atom is 0.227 e. The molecule has 2 rings (SSSR count). The van der Waals surface area contributed by atoms with Crippen molar-refractivity contribution in [3.63, 3.8) is 0 Å². The van der Waals surface area contributed by atoms with Crippen LogP contribution in [-0.4, -0.2) is 54.5 Å². The lowest BCUT2D eigenvalue weighted by atomic mass is 9.84. The Kier molecular flexibility index (Phi) is 5.08. The van der Waals surface area contributed by atoms with Crippen LogP contribution in [0.5, 0.6) is 0 Å². The molecule has 1 amide bonds. The first-order valence-corrected chi connectivity index (χ1v) is 8.13. The third-order valence-electron chi connectivity index (χ3n) is 4.64. The number of piperidine rings is 1. The Bertz CT molecular complexity index is 337. The van der Waals surface area contributed by atoms with E-state index in [1.807, 2.05) is 0 Å². The van der Waals surface area contributed by atoms with E-state index >= 15 is 0 Å². The number of carbonyl (C=O) groups is 1. The van der Waals surface area contributed by atoms with Crippen LogP contribution < -0.4 is 5.73 Å². The average Bonchev–Trinajstić information content (AvgIpc) is 2.42. The van der Waals surface area contributed by atoms with Gasteiger partial charge in [0.05, 0.1) is 5.92 Å². The molecule has 116 valence electrons. The summed E-state index contributed by atoms with van der Waals surface area (Å²) in [5.74, 6) is 0.276. The maximum atomic E-state index is 12.7. The number of piperazine rings is 1. The summed E-state index contributed by atoms with van der Waals surface area (Å²) in [7, 11) is 0. The number of nitrogens with two attached hydrogens (primary N) is 1. The number of hydrogen-bond acceptors (Lipinski definition) is 3. The van der Waals surface area contributed by atoms with E-state index in [0.29, 0.717) is 12.6 Å². The molecule has 2 atom stereocenters. The molecule has 2 aliphatic rings. The second kappa shape index (κ2) is 6.44. The quantitative estimate of drug-likeness (QED) is 0.856. The van der Waals surface area contributed by atoms with Crippen LogP contribution in [0.1, 0.15) is 46.5 Å². The Morgan fingerprint density at radius 1 is 1.25 bits per heavy atom. The number of nitrogens with zero attached hydrogens (tertiary/aromatic N) is 2. The zero-order valence-electron chi connectivity index (χ0n) is 13.4. The third kappa shape index (κ3) is 3.95. The highest BCUT2D eigenvalue weighted by atomic mass is 16.2. The van der Waals surface area contributed by atoms with Gasteiger partial charge in [0.25, 0.3) is 0 Å². The molecule has 4 heteroatoms. The largest absolute Gasteiger partial charge is 0.340 e. The van der Waals surface area contributed by atoms with Crippen molar-refractivity contribution in [2.24, 2.45) is 17.1 Å². The van der Waals surface area contributed by atoms with Gasteiger partial charge in [-0.15, -0.1) is 0 Å². The molecule has 4 nitrogen and oxygen atoms in total. The van der Waals surface area contributed by atoms with Gasteiger partial charge in [0.1, 0.15) is 0 Å². The highest BCUT2D eigenvalue weighted by Crippen LogP contribution is 2.27. The van der Waals surface area contributed by atoms with Crippen molar-refractivity contribution in [1.29, 1.82) is 0 Å². The van der Waals surface area contributed by atoms with Crippen LogP contribution in [0, 0.1) is 11.3 Å². The van der Waals surface area contributed by atoms with E-state index in [1.54, 1.807) is 0 Å². The standard InChI is InChI=1S/C16H31N3O/c1-16(2,3)10-13(11-17)15(20)19-9-8-18-7-5-4-6-14(18)12-19/h13-14H,4-12,17H2,1-3H3. The first-order valence-electron chi connectivity index (χ1n) is 8.13. The molecule has 0 saturated carbocycles. The normalized spacial score (nSPS) is 26.2. The molecule has 2 fully saturated rings. The third-order valence-corrected chi connectivity index (χ3v) is 4.64. The maximum absolute atomic E-state index is 12.7. The Morgan fingerprint density at radius 2 is 2.00 bits per heavy atom. The Hall–Kier alpha value is -0.610. The minimum atomic E-state index is -0.00913. The van der Waals surface area contributed by atoms with E-state index in [-0.39, 0.29) is 17.2 Å². The zero-order valence-corrected chi connectivity index (χ0v) is 13.4. The van der Waals surface area contributed by atoms with Crippen LogP contribution in [-0.2, 0) is 4.79 Å². The Labute approximate surface area is 123 Å². The molecule has 2 aliphatic heterocycles. The summed E-state index contributed by atoms with van der Waals surface area (Å²) in [6.45, 7) is 11.1. The molecular weight excluding hydrogens is 250 g/mol. The predicted octanol–water partition coefficient (Wildman–Crippen LogP) is 1.69. The Morgan fingerprint density at radius 3 is 2.65 bits per heavy atom. The summed E-state index contributed by atoms with van der Waals surface area (Å²) >= 11 is 0. The van der Waals surface area contributed by atoms with Crippen LogP contribution in [0.3, 0.4) is 0 Å². The van der Waals surface area contributed by atoms with Gasteiger partial charge in [-0.1, -0.05) is 27.2 Å². The van der Waals surface area contributed by atoms with Gasteiger partial charge in [-0.05, 0) is 31.2 Å². The molecule has 20 heavy (non-hydrogen) atoms. The summed E-state index contributed by atoms with van der Waals surface area (Å²) < 4.78 is 0. The second-order valence-corrected chi connectivity index (χ2v) is 7.67. The monoisotopic (exact) mass is 281 g/mol. The van der Waals surface area contributed by atoms with Gasteiger partial charge in [-0.25, -0.2) is 0 Å². The lowest BCUT2D eigenvalue weighted by molar-refractivity contribution is -0.139. The number of carbonyl (C=O) groups excluding carboxylic acids is 1. The number of fused-ring (bicyclic) bond motifs is 1. The Balaban J connectivity index is 1.94. The van der Waals surface area contributed by atoms with Crippen LogP contribution in [0.25, 0.3) is 0 Å². The zero-order chi connectivity index (χ0) is 14.8. The number of hydrogen-bond donors (Lipinski definition) is 1. The van der Waals surface area contributed by atoms with E-state index in [2.05, 4.69) is 30.6 Å². The fourth-order valence-corrected chi connectivity index (χ4v) is 3.63. The molecule has 0 aromatic carbocycles. The molecule has 0 spiro atoms. The van der Waals surface area contributed by atoms with E-state index in [4.69, 9.17) is 5.73 Å². The molecule has 0 aromatic heterocycles. The van der Waals surface area contributed by atoms with Gasteiger partial charge >= 0.3 is 0 Å². The van der Waals surface area contributed by atoms with Gasteiger partial charge < -0.3 is 10.6 Å². The summed E-state index contributed by atoms with van der Waals surface area (Å²) in [4.78, 5) is 17.4. The number of amides is 1. The minimum absolute atomic E-state index is 0.00913. The lowest BCUT2D eigenvalue weighted by Crippen LogP contribution is -2.57. The summed E-state index contributed by atoms with van der Waals surface area (Å²) in [6, 6.07) is 0.592. The molecule has 2 saturated heterocycles. The fourth-order valence-electron chi connectivity index (χ4n) is 3.63. The SMILES string of the molecule is CC(C)(C)CC(CN)C(=O)N1CCN2CCCCC2C1. The van der Waals surface area contributed by atoms with Crippen molar-refractivity contribution in [3.8, 4) is 0 Å². The van der Waals surface area contributed by atoms with Crippen LogP contribution in [0.15, 0.2) is 0 Å². The van der Waals surface area contributed by atoms with Crippen molar-refractivity contribution >= 4 is 5.91 Å². The van der Waals surface area contributed by atoms with E-state index in [9.17, 15) is 4.79 Å². The average molecular weight is 281 g/mol. The smallest absolute Gasteiger partial charge is 0.227 e. The minimum Gasteiger partial charge on any atom is -0.340 e. The van der Waals surface area contributed by atoms with Crippen molar-refractivity contribution in [2.75, 3.05) is 32.7 Å². The lowest BCUT2D eigenvalue weighted by Gasteiger charge is -2.45. The van der Waals surface area contributed by atoms with E-state index < -0.39 is 0 Å². The fraction of sp³-hybridized carbons (Fsp3) is 0.938. The second-order valence-electron chi connectivity index (χ2n) is 7.67. The molecule has 2 N–H and O–H groups in total. The van der Waals surface area contributed by atoms with E-state index in [1.165, 1.54) is 25.8 Å². The molecular formula is C16H31N3O. The van der Waals surface area contributed by atoms with Crippen LogP contribution in [0.2, 0.25) is 0 Å². The predicted molar refractivity (Wildman–Crippen MR) is 82.4 cm³/mol. The van der Waals surface area contributed by atoms with Gasteiger partial charge in [-0.3, -0.25) is 9.69 Å². The molecule has 0 aromatic rings. The molecule has 0 aliphatic carbocycles. The van der Waals surface area contributed by atoms with Gasteiger partial charge in [0.15, 0.2) is 0 Å². The summed E-state index contributed by atoms with van der Waals surface area (Å²) in [6.07, 6.45) is 4.76.